The molecule has 1 amide bonds. The molecule has 0 N–H and O–H groups in total. The molecular formula is C26H31N7O2S. The van der Waals surface area contributed by atoms with Crippen molar-refractivity contribution in [2.75, 3.05) is 33.3 Å². The molecule has 1 saturated heterocycles. The number of piperazine rings is 1. The fourth-order valence-corrected chi connectivity index (χ4v) is 5.19. The van der Waals surface area contributed by atoms with E-state index in [1.807, 2.05) is 37.1 Å². The van der Waals surface area contributed by atoms with E-state index in [4.69, 9.17) is 14.8 Å². The fraction of sp³-hybridized carbons (Fsp3) is 0.423. The van der Waals surface area contributed by atoms with Crippen LogP contribution in [0.4, 0.5) is 0 Å². The normalized spacial score (nSPS) is 14.7. The van der Waals surface area contributed by atoms with Gasteiger partial charge in [0.2, 0.25) is 0 Å². The van der Waals surface area contributed by atoms with Crippen molar-refractivity contribution in [3.05, 3.63) is 51.9 Å². The molecule has 0 spiro atoms. The highest BCUT2D eigenvalue weighted by Gasteiger charge is 2.26. The van der Waals surface area contributed by atoms with Crippen molar-refractivity contribution in [2.24, 2.45) is 7.05 Å². The minimum absolute atomic E-state index is 0.0294. The van der Waals surface area contributed by atoms with Gasteiger partial charge in [-0.3, -0.25) is 14.4 Å². The van der Waals surface area contributed by atoms with Crippen LogP contribution in [-0.4, -0.2) is 73.7 Å². The summed E-state index contributed by atoms with van der Waals surface area (Å²) in [5.74, 6) is 1.49. The summed E-state index contributed by atoms with van der Waals surface area (Å²) in [7, 11) is 3.49. The third-order valence-electron chi connectivity index (χ3n) is 6.55. The van der Waals surface area contributed by atoms with Gasteiger partial charge in [0.15, 0.2) is 0 Å². The topological polar surface area (TPSA) is 89.3 Å². The number of ether oxygens (including phenoxy) is 1. The SMILES string of the molecule is COc1cc2c(cc1C(=O)N1CCN(Cc3csc(C)n3)CC1)c(-c1ccnc(C(C)C)n1)nn2C. The molecule has 0 saturated carbocycles. The maximum absolute atomic E-state index is 13.7. The first-order chi connectivity index (χ1) is 17.3. The maximum atomic E-state index is 13.7. The molecule has 1 fully saturated rings. The van der Waals surface area contributed by atoms with E-state index in [9.17, 15) is 4.79 Å². The van der Waals surface area contributed by atoms with Crippen LogP contribution in [0.5, 0.6) is 5.75 Å². The molecule has 10 heteroatoms. The van der Waals surface area contributed by atoms with Crippen LogP contribution in [0.2, 0.25) is 0 Å². The lowest BCUT2D eigenvalue weighted by Crippen LogP contribution is -2.48. The first-order valence-corrected chi connectivity index (χ1v) is 13.0. The Balaban J connectivity index is 1.42. The second kappa shape index (κ2) is 9.94. The predicted molar refractivity (Wildman–Crippen MR) is 140 cm³/mol. The maximum Gasteiger partial charge on any atom is 0.257 e. The molecular weight excluding hydrogens is 474 g/mol. The van der Waals surface area contributed by atoms with Crippen LogP contribution in [0.15, 0.2) is 29.8 Å². The van der Waals surface area contributed by atoms with E-state index in [0.717, 1.165) is 58.5 Å². The van der Waals surface area contributed by atoms with E-state index < -0.39 is 0 Å². The molecule has 0 unspecified atom stereocenters. The van der Waals surface area contributed by atoms with Gasteiger partial charge >= 0.3 is 0 Å². The highest BCUT2D eigenvalue weighted by Crippen LogP contribution is 2.33. The molecule has 1 aliphatic heterocycles. The van der Waals surface area contributed by atoms with Gasteiger partial charge in [0, 0.05) is 68.7 Å². The van der Waals surface area contributed by atoms with Crippen LogP contribution < -0.4 is 4.74 Å². The third kappa shape index (κ3) is 4.70. The van der Waals surface area contributed by atoms with Gasteiger partial charge in [0.05, 0.1) is 34.6 Å². The summed E-state index contributed by atoms with van der Waals surface area (Å²) in [6, 6.07) is 5.66. The minimum Gasteiger partial charge on any atom is -0.496 e. The minimum atomic E-state index is -0.0294. The van der Waals surface area contributed by atoms with E-state index in [1.165, 1.54) is 0 Å². The van der Waals surface area contributed by atoms with E-state index in [0.29, 0.717) is 24.4 Å². The highest BCUT2D eigenvalue weighted by atomic mass is 32.1. The first kappa shape index (κ1) is 24.3. The Kier molecular flexibility index (Phi) is 6.72. The number of carbonyl (C=O) groups excluding carboxylic acids is 1. The number of rotatable bonds is 6. The average Bonchev–Trinajstić information content (AvgIpc) is 3.45. The fourth-order valence-electron chi connectivity index (χ4n) is 4.58. The molecule has 5 rings (SSSR count). The third-order valence-corrected chi connectivity index (χ3v) is 7.37. The molecule has 0 aliphatic carbocycles. The summed E-state index contributed by atoms with van der Waals surface area (Å²) in [5.41, 5.74) is 4.00. The number of hydrogen-bond donors (Lipinski definition) is 0. The Bertz CT molecular complexity index is 1400. The van der Waals surface area contributed by atoms with Crippen molar-refractivity contribution >= 4 is 28.1 Å². The molecule has 188 valence electrons. The van der Waals surface area contributed by atoms with Crippen molar-refractivity contribution in [1.82, 2.24) is 34.5 Å². The van der Waals surface area contributed by atoms with Crippen molar-refractivity contribution in [3.8, 4) is 17.1 Å². The van der Waals surface area contributed by atoms with Crippen LogP contribution in [0, 0.1) is 6.92 Å². The van der Waals surface area contributed by atoms with Gasteiger partial charge in [-0.2, -0.15) is 5.10 Å². The largest absolute Gasteiger partial charge is 0.496 e. The number of methoxy groups -OCH3 is 1. The summed E-state index contributed by atoms with van der Waals surface area (Å²) < 4.78 is 7.46. The predicted octanol–water partition coefficient (Wildman–Crippen LogP) is 3.89. The summed E-state index contributed by atoms with van der Waals surface area (Å²) in [6.07, 6.45) is 1.76. The lowest BCUT2D eigenvalue weighted by molar-refractivity contribution is 0.0624. The monoisotopic (exact) mass is 505 g/mol. The lowest BCUT2D eigenvalue weighted by Gasteiger charge is -2.34. The van der Waals surface area contributed by atoms with Gasteiger partial charge in [0.1, 0.15) is 17.3 Å². The van der Waals surface area contributed by atoms with Gasteiger partial charge in [-0.1, -0.05) is 13.8 Å². The number of aryl methyl sites for hydroxylation is 2. The second-order valence-electron chi connectivity index (χ2n) is 9.42. The number of thiazole rings is 1. The molecule has 9 nitrogen and oxygen atoms in total. The Labute approximate surface area is 214 Å². The van der Waals surface area contributed by atoms with Crippen molar-refractivity contribution in [2.45, 2.75) is 33.2 Å². The van der Waals surface area contributed by atoms with Crippen LogP contribution in [0.3, 0.4) is 0 Å². The van der Waals surface area contributed by atoms with Gasteiger partial charge in [-0.25, -0.2) is 15.0 Å². The highest BCUT2D eigenvalue weighted by molar-refractivity contribution is 7.09. The van der Waals surface area contributed by atoms with Crippen LogP contribution in [0.25, 0.3) is 22.3 Å². The molecule has 1 aromatic carbocycles. The van der Waals surface area contributed by atoms with E-state index in [-0.39, 0.29) is 11.8 Å². The zero-order valence-electron chi connectivity index (χ0n) is 21.4. The van der Waals surface area contributed by atoms with Crippen LogP contribution in [-0.2, 0) is 13.6 Å². The smallest absolute Gasteiger partial charge is 0.257 e. The number of nitrogens with zero attached hydrogens (tertiary/aromatic N) is 7. The average molecular weight is 506 g/mol. The number of fused-ring (bicyclic) bond motifs is 1. The van der Waals surface area contributed by atoms with Gasteiger partial charge in [-0.05, 0) is 19.1 Å². The Hall–Kier alpha value is -3.37. The van der Waals surface area contributed by atoms with Crippen molar-refractivity contribution < 1.29 is 9.53 Å². The van der Waals surface area contributed by atoms with E-state index in [1.54, 1.807) is 29.3 Å². The molecule has 4 aromatic rings. The molecule has 0 radical (unpaired) electrons. The van der Waals surface area contributed by atoms with E-state index >= 15 is 0 Å². The number of hydrogen-bond acceptors (Lipinski definition) is 8. The summed E-state index contributed by atoms with van der Waals surface area (Å²) in [4.78, 5) is 31.6. The zero-order valence-corrected chi connectivity index (χ0v) is 22.2. The number of amides is 1. The van der Waals surface area contributed by atoms with Crippen molar-refractivity contribution in [3.63, 3.8) is 0 Å². The zero-order chi connectivity index (χ0) is 25.4. The Morgan fingerprint density at radius 1 is 1.17 bits per heavy atom. The molecule has 0 atom stereocenters. The number of aromatic nitrogens is 5. The van der Waals surface area contributed by atoms with Gasteiger partial charge in [0.25, 0.3) is 5.91 Å². The van der Waals surface area contributed by atoms with Crippen LogP contribution in [0.1, 0.15) is 46.6 Å². The Morgan fingerprint density at radius 2 is 1.94 bits per heavy atom. The first-order valence-electron chi connectivity index (χ1n) is 12.1. The molecule has 36 heavy (non-hydrogen) atoms. The standard InChI is InChI=1S/C26H31N7O2S/c1-16(2)25-27-7-6-21(29-25)24-19-12-20(23(35-5)13-22(19)31(4)30-24)26(34)33-10-8-32(9-11-33)14-18-15-36-17(3)28-18/h6-7,12-13,15-16H,8-11,14H2,1-5H3. The van der Waals surface area contributed by atoms with Crippen molar-refractivity contribution in [1.29, 1.82) is 0 Å². The van der Waals surface area contributed by atoms with Gasteiger partial charge < -0.3 is 9.64 Å². The van der Waals surface area contributed by atoms with Crippen LogP contribution >= 0.6 is 11.3 Å². The lowest BCUT2D eigenvalue weighted by atomic mass is 10.1. The number of benzene rings is 1. The summed E-state index contributed by atoms with van der Waals surface area (Å²) in [6.45, 7) is 9.91. The summed E-state index contributed by atoms with van der Waals surface area (Å²) in [5, 5.41) is 8.80. The van der Waals surface area contributed by atoms with Gasteiger partial charge in [-0.15, -0.1) is 11.3 Å². The molecule has 4 heterocycles. The number of carbonyl (C=O) groups is 1. The molecule has 1 aliphatic rings. The summed E-state index contributed by atoms with van der Waals surface area (Å²) >= 11 is 1.67. The van der Waals surface area contributed by atoms with E-state index in [2.05, 4.69) is 34.1 Å². The second-order valence-corrected chi connectivity index (χ2v) is 10.5. The molecule has 3 aromatic heterocycles. The quantitative estimate of drug-likeness (QED) is 0.393. The molecule has 0 bridgehead atoms. The Morgan fingerprint density at radius 3 is 2.61 bits per heavy atom.